The molecule has 126 valence electrons. The third-order valence-electron chi connectivity index (χ3n) is 4.29. The minimum atomic E-state index is -0.272. The van der Waals surface area contributed by atoms with Crippen molar-refractivity contribution < 1.29 is 9.53 Å². The lowest BCUT2D eigenvalue weighted by Gasteiger charge is -2.17. The second-order valence-electron chi connectivity index (χ2n) is 5.93. The van der Waals surface area contributed by atoms with Gasteiger partial charge in [0.1, 0.15) is 5.76 Å². The third-order valence-corrected chi connectivity index (χ3v) is 4.29. The van der Waals surface area contributed by atoms with E-state index in [9.17, 15) is 4.79 Å². The Kier molecular flexibility index (Phi) is 6.19. The van der Waals surface area contributed by atoms with Crippen molar-refractivity contribution in [1.29, 1.82) is 0 Å². The fraction of sp³-hybridized carbons (Fsp3) is 0.286. The van der Waals surface area contributed by atoms with E-state index in [1.165, 1.54) is 0 Å². The molecule has 0 aromatic heterocycles. The molecule has 24 heavy (non-hydrogen) atoms. The number of nitrogens with two attached hydrogens (primary N) is 1. The highest BCUT2D eigenvalue weighted by atomic mass is 16.5. The lowest BCUT2D eigenvalue weighted by atomic mass is 9.88. The maximum absolute atomic E-state index is 11.4. The second-order valence-corrected chi connectivity index (χ2v) is 5.93. The number of primary amides is 1. The highest BCUT2D eigenvalue weighted by molar-refractivity contribution is 5.80. The maximum Gasteiger partial charge on any atom is 0.218 e. The molecule has 2 rings (SSSR count). The number of hydrogen-bond acceptors (Lipinski definition) is 2. The summed E-state index contributed by atoms with van der Waals surface area (Å²) < 4.78 is 5.64. The van der Waals surface area contributed by atoms with E-state index < -0.39 is 0 Å². The van der Waals surface area contributed by atoms with Gasteiger partial charge in [0.15, 0.2) is 0 Å². The molecule has 0 aliphatic rings. The van der Waals surface area contributed by atoms with E-state index in [1.54, 1.807) is 7.11 Å². The number of carbonyl (C=O) groups is 1. The quantitative estimate of drug-likeness (QED) is 0.602. The number of benzene rings is 2. The first-order valence-electron chi connectivity index (χ1n) is 8.25. The van der Waals surface area contributed by atoms with E-state index in [0.717, 1.165) is 34.4 Å². The molecule has 0 radical (unpaired) electrons. The summed E-state index contributed by atoms with van der Waals surface area (Å²) in [6.45, 7) is 4.14. The van der Waals surface area contributed by atoms with Crippen LogP contribution in [-0.2, 0) is 9.53 Å². The van der Waals surface area contributed by atoms with E-state index >= 15 is 0 Å². The van der Waals surface area contributed by atoms with Crippen LogP contribution in [0.25, 0.3) is 11.8 Å². The van der Waals surface area contributed by atoms with Crippen molar-refractivity contribution in [3.8, 4) is 0 Å². The average molecular weight is 323 g/mol. The molecule has 2 aromatic rings. The molecule has 3 heteroatoms. The van der Waals surface area contributed by atoms with Gasteiger partial charge >= 0.3 is 0 Å². The summed E-state index contributed by atoms with van der Waals surface area (Å²) >= 11 is 0. The summed E-state index contributed by atoms with van der Waals surface area (Å²) in [5.74, 6) is 0.658. The minimum absolute atomic E-state index is 0.116. The molecule has 3 nitrogen and oxygen atoms in total. The number of methoxy groups -OCH3 is 1. The first-order chi connectivity index (χ1) is 11.6. The summed E-state index contributed by atoms with van der Waals surface area (Å²) in [5.41, 5.74) is 9.83. The average Bonchev–Trinajstić information content (AvgIpc) is 2.58. The van der Waals surface area contributed by atoms with Gasteiger partial charge in [-0.1, -0.05) is 55.5 Å². The summed E-state index contributed by atoms with van der Waals surface area (Å²) in [7, 11) is 1.68. The molecule has 0 saturated heterocycles. The molecule has 2 aromatic carbocycles. The Morgan fingerprint density at radius 1 is 1.17 bits per heavy atom. The zero-order valence-corrected chi connectivity index (χ0v) is 14.6. The van der Waals surface area contributed by atoms with E-state index in [4.69, 9.17) is 10.5 Å². The Morgan fingerprint density at radius 2 is 1.83 bits per heavy atom. The number of hydrogen-bond donors (Lipinski definition) is 1. The van der Waals surface area contributed by atoms with Gasteiger partial charge in [0.05, 0.1) is 7.11 Å². The van der Waals surface area contributed by atoms with Gasteiger partial charge in [-0.15, -0.1) is 0 Å². The van der Waals surface area contributed by atoms with Gasteiger partial charge in [-0.25, -0.2) is 0 Å². The highest BCUT2D eigenvalue weighted by Crippen LogP contribution is 2.30. The predicted molar refractivity (Wildman–Crippen MR) is 99.3 cm³/mol. The smallest absolute Gasteiger partial charge is 0.218 e. The van der Waals surface area contributed by atoms with Crippen molar-refractivity contribution in [2.75, 3.05) is 7.11 Å². The van der Waals surface area contributed by atoms with Crippen molar-refractivity contribution in [3.05, 3.63) is 70.8 Å². The second kappa shape index (κ2) is 8.34. The minimum Gasteiger partial charge on any atom is -0.496 e. The van der Waals surface area contributed by atoms with E-state index in [2.05, 4.69) is 32.0 Å². The van der Waals surface area contributed by atoms with Crippen LogP contribution in [0.5, 0.6) is 0 Å². The first-order valence-corrected chi connectivity index (χ1v) is 8.25. The largest absolute Gasteiger partial charge is 0.496 e. The molecule has 1 amide bonds. The van der Waals surface area contributed by atoms with Gasteiger partial charge < -0.3 is 10.5 Å². The molecule has 0 bridgehead atoms. The van der Waals surface area contributed by atoms with Crippen LogP contribution < -0.4 is 5.73 Å². The van der Waals surface area contributed by atoms with Crippen molar-refractivity contribution in [1.82, 2.24) is 0 Å². The molecule has 1 unspecified atom stereocenters. The lowest BCUT2D eigenvalue weighted by Crippen LogP contribution is -2.15. The monoisotopic (exact) mass is 323 g/mol. The van der Waals surface area contributed by atoms with Crippen LogP contribution >= 0.6 is 0 Å². The third kappa shape index (κ3) is 4.25. The lowest BCUT2D eigenvalue weighted by molar-refractivity contribution is -0.118. The Morgan fingerprint density at radius 3 is 2.46 bits per heavy atom. The van der Waals surface area contributed by atoms with E-state index in [0.29, 0.717) is 6.42 Å². The number of rotatable bonds is 7. The van der Waals surface area contributed by atoms with Gasteiger partial charge in [0.2, 0.25) is 5.91 Å². The molecule has 0 aliphatic heterocycles. The molecular formula is C21H25NO2. The standard InChI is InChI=1S/C21H25NO2/c1-4-16(14-21(22)23)19-12-8-6-10-17(19)13-20(24-3)18-11-7-5-9-15(18)2/h5-13,16H,4,14H2,1-3H3,(H2,22,23)/b20-13+. The van der Waals surface area contributed by atoms with Gasteiger partial charge in [-0.05, 0) is 42.0 Å². The number of amides is 1. The number of carbonyl (C=O) groups excluding carboxylic acids is 1. The topological polar surface area (TPSA) is 52.3 Å². The highest BCUT2D eigenvalue weighted by Gasteiger charge is 2.16. The van der Waals surface area contributed by atoms with E-state index in [-0.39, 0.29) is 11.8 Å². The predicted octanol–water partition coefficient (Wildman–Crippen LogP) is 4.51. The molecular weight excluding hydrogens is 298 g/mol. The number of ether oxygens (including phenoxy) is 1. The molecule has 0 aliphatic carbocycles. The zero-order valence-electron chi connectivity index (χ0n) is 14.6. The summed E-state index contributed by atoms with van der Waals surface area (Å²) in [5, 5.41) is 0. The fourth-order valence-electron chi connectivity index (χ4n) is 2.97. The molecule has 0 fully saturated rings. The van der Waals surface area contributed by atoms with Crippen molar-refractivity contribution >= 4 is 17.7 Å². The molecule has 2 N–H and O–H groups in total. The van der Waals surface area contributed by atoms with Gasteiger partial charge in [0.25, 0.3) is 0 Å². The molecule has 0 spiro atoms. The van der Waals surface area contributed by atoms with Crippen molar-refractivity contribution in [3.63, 3.8) is 0 Å². The summed E-state index contributed by atoms with van der Waals surface area (Å²) in [4.78, 5) is 11.4. The number of aryl methyl sites for hydroxylation is 1. The SMILES string of the molecule is CCC(CC(N)=O)c1ccccc1/C=C(/OC)c1ccccc1C. The molecule has 0 saturated carbocycles. The zero-order chi connectivity index (χ0) is 17.5. The van der Waals surface area contributed by atoms with Crippen LogP contribution in [0.4, 0.5) is 0 Å². The van der Waals surface area contributed by atoms with E-state index in [1.807, 2.05) is 36.4 Å². The van der Waals surface area contributed by atoms with Crippen LogP contribution in [0.1, 0.15) is 47.9 Å². The van der Waals surface area contributed by atoms with Gasteiger partial charge in [0, 0.05) is 12.0 Å². The van der Waals surface area contributed by atoms with Gasteiger partial charge in [-0.3, -0.25) is 4.79 Å². The summed E-state index contributed by atoms with van der Waals surface area (Å²) in [6.07, 6.45) is 3.26. The Balaban J connectivity index is 2.48. The Hall–Kier alpha value is -2.55. The van der Waals surface area contributed by atoms with Crippen LogP contribution in [0.15, 0.2) is 48.5 Å². The first kappa shape index (κ1) is 17.8. The van der Waals surface area contributed by atoms with Crippen LogP contribution in [-0.4, -0.2) is 13.0 Å². The molecule has 0 heterocycles. The van der Waals surface area contributed by atoms with Crippen molar-refractivity contribution in [2.45, 2.75) is 32.6 Å². The maximum atomic E-state index is 11.4. The summed E-state index contributed by atoms with van der Waals surface area (Å²) in [6, 6.07) is 16.2. The van der Waals surface area contributed by atoms with Crippen LogP contribution in [0.3, 0.4) is 0 Å². The van der Waals surface area contributed by atoms with Crippen LogP contribution in [0.2, 0.25) is 0 Å². The normalized spacial score (nSPS) is 12.7. The van der Waals surface area contributed by atoms with Crippen molar-refractivity contribution in [2.24, 2.45) is 5.73 Å². The fourth-order valence-corrected chi connectivity index (χ4v) is 2.97. The van der Waals surface area contributed by atoms with Crippen LogP contribution in [0, 0.1) is 6.92 Å². The Labute approximate surface area is 144 Å². The molecule has 1 atom stereocenters. The van der Waals surface area contributed by atoms with Gasteiger partial charge in [-0.2, -0.15) is 0 Å². The Bertz CT molecular complexity index is 734.